The summed E-state index contributed by atoms with van der Waals surface area (Å²) in [5, 5.41) is 13.6. The first-order valence-corrected chi connectivity index (χ1v) is 13.9. The van der Waals surface area contributed by atoms with Crippen LogP contribution in [0.25, 0.3) is 10.9 Å². The third-order valence-corrected chi connectivity index (χ3v) is 7.70. The molecule has 0 bridgehead atoms. The van der Waals surface area contributed by atoms with Crippen LogP contribution in [0, 0.1) is 0 Å². The van der Waals surface area contributed by atoms with Crippen LogP contribution in [0.5, 0.6) is 5.75 Å². The van der Waals surface area contributed by atoms with Gasteiger partial charge in [-0.25, -0.2) is 0 Å². The van der Waals surface area contributed by atoms with Gasteiger partial charge >= 0.3 is 0 Å². The molecule has 1 unspecified atom stereocenters. The summed E-state index contributed by atoms with van der Waals surface area (Å²) < 4.78 is 7.49. The zero-order valence-electron chi connectivity index (χ0n) is 23.0. The highest BCUT2D eigenvalue weighted by atomic mass is 16.5. The standard InChI is InChI=1S/C32H33N7O2/c1-41-24-13-10-21(11-14-24)20-39-30(15-12-22-18-34-27-8-4-2-6-25(22)27)37-38-32(39)29(36-31(40)17-33)16-23-19-35-28-9-5-3-7-26(23)28/h2-11,13-14,18-19,22,29,35H,12,15-17,20,33H2,1H3,(H,36,40)/t22?,29-/m1/s1. The number of fused-ring (bicyclic) bond motifs is 2. The van der Waals surface area contributed by atoms with Crippen LogP contribution in [0.1, 0.15) is 46.7 Å². The van der Waals surface area contributed by atoms with Crippen molar-refractivity contribution in [3.8, 4) is 5.75 Å². The van der Waals surface area contributed by atoms with E-state index in [1.54, 1.807) is 7.11 Å². The lowest BCUT2D eigenvalue weighted by atomic mass is 9.96. The maximum absolute atomic E-state index is 12.6. The number of aromatic nitrogens is 4. The van der Waals surface area contributed by atoms with Crippen molar-refractivity contribution in [2.24, 2.45) is 10.7 Å². The Morgan fingerprint density at radius 2 is 1.88 bits per heavy atom. The number of amides is 1. The number of para-hydroxylation sites is 2. The van der Waals surface area contributed by atoms with Gasteiger partial charge in [0.15, 0.2) is 5.82 Å². The molecule has 3 aromatic carbocycles. The van der Waals surface area contributed by atoms with E-state index in [9.17, 15) is 4.79 Å². The van der Waals surface area contributed by atoms with Crippen LogP contribution in [0.15, 0.2) is 84.0 Å². The molecule has 2 atom stereocenters. The van der Waals surface area contributed by atoms with Gasteiger partial charge in [0.1, 0.15) is 11.6 Å². The fourth-order valence-corrected chi connectivity index (χ4v) is 5.54. The number of H-pyrrole nitrogens is 1. The van der Waals surface area contributed by atoms with Crippen molar-refractivity contribution in [3.05, 3.63) is 107 Å². The molecule has 4 N–H and O–H groups in total. The number of aryl methyl sites for hydroxylation is 1. The molecule has 9 heteroatoms. The highest BCUT2D eigenvalue weighted by molar-refractivity contribution is 5.83. The van der Waals surface area contributed by atoms with Gasteiger partial charge < -0.3 is 25.3 Å². The number of carbonyl (C=O) groups excluding carboxylic acids is 1. The summed E-state index contributed by atoms with van der Waals surface area (Å²) in [6, 6.07) is 24.0. The van der Waals surface area contributed by atoms with Crippen molar-refractivity contribution >= 4 is 28.7 Å². The van der Waals surface area contributed by atoms with Crippen LogP contribution < -0.4 is 15.8 Å². The molecule has 0 saturated heterocycles. The summed E-state index contributed by atoms with van der Waals surface area (Å²) in [6.07, 6.45) is 6.12. The van der Waals surface area contributed by atoms with E-state index in [1.165, 1.54) is 5.56 Å². The minimum Gasteiger partial charge on any atom is -0.497 e. The van der Waals surface area contributed by atoms with Gasteiger partial charge in [-0.05, 0) is 47.4 Å². The molecule has 0 saturated carbocycles. The van der Waals surface area contributed by atoms with Gasteiger partial charge in [0.2, 0.25) is 5.91 Å². The molecule has 3 heterocycles. The van der Waals surface area contributed by atoms with Gasteiger partial charge in [-0.15, -0.1) is 10.2 Å². The number of rotatable bonds is 11. The topological polar surface area (TPSA) is 123 Å². The van der Waals surface area contributed by atoms with Crippen molar-refractivity contribution in [1.29, 1.82) is 0 Å². The Balaban J connectivity index is 1.34. The second-order valence-electron chi connectivity index (χ2n) is 10.3. The minimum absolute atomic E-state index is 0.107. The molecule has 0 aliphatic carbocycles. The third-order valence-electron chi connectivity index (χ3n) is 7.70. The Morgan fingerprint density at radius 3 is 2.71 bits per heavy atom. The monoisotopic (exact) mass is 547 g/mol. The van der Waals surface area contributed by atoms with Gasteiger partial charge in [0.25, 0.3) is 0 Å². The number of ether oxygens (including phenoxy) is 1. The van der Waals surface area contributed by atoms with Crippen LogP contribution >= 0.6 is 0 Å². The maximum Gasteiger partial charge on any atom is 0.234 e. The molecular formula is C32H33N7O2. The van der Waals surface area contributed by atoms with Crippen LogP contribution in [-0.4, -0.2) is 45.5 Å². The molecule has 41 heavy (non-hydrogen) atoms. The largest absolute Gasteiger partial charge is 0.497 e. The highest BCUT2D eigenvalue weighted by Gasteiger charge is 2.26. The van der Waals surface area contributed by atoms with E-state index in [2.05, 4.69) is 48.3 Å². The number of benzene rings is 3. The number of carbonyl (C=O) groups is 1. The summed E-state index contributed by atoms with van der Waals surface area (Å²) >= 11 is 0. The van der Waals surface area contributed by atoms with Gasteiger partial charge in [0.05, 0.1) is 31.9 Å². The fraction of sp³-hybridized carbons (Fsp3) is 0.250. The average molecular weight is 548 g/mol. The second kappa shape index (κ2) is 11.8. The first-order chi connectivity index (χ1) is 20.1. The number of hydrogen-bond donors (Lipinski definition) is 3. The smallest absolute Gasteiger partial charge is 0.234 e. The molecule has 5 aromatic rings. The molecule has 0 spiro atoms. The Bertz CT molecular complexity index is 1690. The van der Waals surface area contributed by atoms with Crippen molar-refractivity contribution < 1.29 is 9.53 Å². The number of nitrogens with zero attached hydrogens (tertiary/aromatic N) is 4. The van der Waals surface area contributed by atoms with E-state index in [0.717, 1.165) is 45.7 Å². The predicted molar refractivity (Wildman–Crippen MR) is 160 cm³/mol. The van der Waals surface area contributed by atoms with Crippen molar-refractivity contribution in [2.75, 3.05) is 13.7 Å². The zero-order valence-corrected chi connectivity index (χ0v) is 23.0. The lowest BCUT2D eigenvalue weighted by Gasteiger charge is -2.20. The summed E-state index contributed by atoms with van der Waals surface area (Å²) in [5.74, 6) is 2.33. The second-order valence-corrected chi connectivity index (χ2v) is 10.3. The highest BCUT2D eigenvalue weighted by Crippen LogP contribution is 2.34. The summed E-state index contributed by atoms with van der Waals surface area (Å²) in [4.78, 5) is 20.6. The molecule has 1 aliphatic heterocycles. The number of hydrogen-bond acceptors (Lipinski definition) is 6. The Hall–Kier alpha value is -4.76. The minimum atomic E-state index is -0.418. The molecule has 0 fully saturated rings. The molecule has 9 nitrogen and oxygen atoms in total. The van der Waals surface area contributed by atoms with Crippen molar-refractivity contribution in [3.63, 3.8) is 0 Å². The van der Waals surface area contributed by atoms with E-state index in [-0.39, 0.29) is 18.4 Å². The van der Waals surface area contributed by atoms with Gasteiger partial charge in [-0.3, -0.25) is 9.79 Å². The van der Waals surface area contributed by atoms with Gasteiger partial charge in [-0.1, -0.05) is 48.5 Å². The third kappa shape index (κ3) is 5.62. The summed E-state index contributed by atoms with van der Waals surface area (Å²) in [7, 11) is 1.66. The molecule has 1 amide bonds. The van der Waals surface area contributed by atoms with Gasteiger partial charge in [0, 0.05) is 42.1 Å². The Kier molecular flexibility index (Phi) is 7.60. The van der Waals surface area contributed by atoms with E-state index in [0.29, 0.717) is 25.2 Å². The van der Waals surface area contributed by atoms with Crippen LogP contribution in [0.4, 0.5) is 5.69 Å². The molecule has 2 aromatic heterocycles. The van der Waals surface area contributed by atoms with E-state index in [1.807, 2.05) is 67.0 Å². The summed E-state index contributed by atoms with van der Waals surface area (Å²) in [5.41, 5.74) is 11.2. The fourth-order valence-electron chi connectivity index (χ4n) is 5.54. The van der Waals surface area contributed by atoms with Crippen molar-refractivity contribution in [1.82, 2.24) is 25.1 Å². The molecule has 1 aliphatic rings. The van der Waals surface area contributed by atoms with Gasteiger partial charge in [-0.2, -0.15) is 0 Å². The first kappa shape index (κ1) is 26.5. The Labute approximate surface area is 238 Å². The van der Waals surface area contributed by atoms with Crippen molar-refractivity contribution in [2.45, 2.75) is 37.8 Å². The lowest BCUT2D eigenvalue weighted by molar-refractivity contribution is -0.120. The molecular weight excluding hydrogens is 514 g/mol. The number of aliphatic imine (C=N–C) groups is 1. The lowest BCUT2D eigenvalue weighted by Crippen LogP contribution is -2.36. The number of nitrogens with two attached hydrogens (primary N) is 1. The zero-order chi connectivity index (χ0) is 28.2. The normalized spacial score (nSPS) is 14.7. The Morgan fingerprint density at radius 1 is 1.07 bits per heavy atom. The number of methoxy groups -OCH3 is 1. The molecule has 0 radical (unpaired) electrons. The summed E-state index contributed by atoms with van der Waals surface area (Å²) in [6.45, 7) is 0.449. The van der Waals surface area contributed by atoms with Crippen LogP contribution in [0.2, 0.25) is 0 Å². The predicted octanol–water partition coefficient (Wildman–Crippen LogP) is 4.61. The SMILES string of the molecule is COc1ccc(Cn2c(CCC3C=Nc4ccccc43)nnc2[C@@H](Cc2c[nH]c3ccccc23)NC(=O)CN)cc1. The van der Waals surface area contributed by atoms with E-state index >= 15 is 0 Å². The van der Waals surface area contributed by atoms with Crippen LogP contribution in [-0.2, 0) is 24.2 Å². The number of aromatic amines is 1. The number of nitrogens with one attached hydrogen (secondary N) is 2. The quantitative estimate of drug-likeness (QED) is 0.223. The van der Waals surface area contributed by atoms with E-state index < -0.39 is 6.04 Å². The first-order valence-electron chi connectivity index (χ1n) is 13.9. The molecule has 208 valence electrons. The average Bonchev–Trinajstić information content (AvgIpc) is 3.73. The maximum atomic E-state index is 12.6. The van der Waals surface area contributed by atoms with Crippen LogP contribution in [0.3, 0.4) is 0 Å². The van der Waals surface area contributed by atoms with E-state index in [4.69, 9.17) is 10.5 Å². The molecule has 6 rings (SSSR count).